The summed E-state index contributed by atoms with van der Waals surface area (Å²) in [7, 11) is 2.66. The van der Waals surface area contributed by atoms with E-state index in [1.165, 1.54) is 56.7 Å². The zero-order valence-electron chi connectivity index (χ0n) is 16.7. The van der Waals surface area contributed by atoms with Crippen molar-refractivity contribution in [2.24, 2.45) is 0 Å². The summed E-state index contributed by atoms with van der Waals surface area (Å²) in [4.78, 5) is 30.2. The maximum atomic E-state index is 13.6. The first-order valence-electron chi connectivity index (χ1n) is 8.96. The van der Waals surface area contributed by atoms with Crippen LogP contribution in [0.5, 0.6) is 5.88 Å². The highest BCUT2D eigenvalue weighted by Gasteiger charge is 2.16. The van der Waals surface area contributed by atoms with Gasteiger partial charge in [0, 0.05) is 16.8 Å². The van der Waals surface area contributed by atoms with Gasteiger partial charge in [-0.1, -0.05) is 35.9 Å². The van der Waals surface area contributed by atoms with Crippen LogP contribution in [0, 0.1) is 11.6 Å². The minimum absolute atomic E-state index is 0.0256. The number of carbonyl (C=O) groups is 2. The fourth-order valence-corrected chi connectivity index (χ4v) is 3.13. The molecule has 164 valence electrons. The number of aromatic nitrogens is 2. The highest BCUT2D eigenvalue weighted by atomic mass is 35.5. The zero-order chi connectivity index (χ0) is 23.4. The Morgan fingerprint density at radius 1 is 0.906 bits per heavy atom. The fraction of sp³-hybridized carbons (Fsp3) is 0.0909. The number of hydrogen-bond acceptors (Lipinski definition) is 6. The van der Waals surface area contributed by atoms with Gasteiger partial charge in [0.05, 0.1) is 25.3 Å². The monoisotopic (exact) mass is 460 g/mol. The summed E-state index contributed by atoms with van der Waals surface area (Å²) >= 11 is 5.60. The van der Waals surface area contributed by atoms with Crippen molar-refractivity contribution in [1.29, 1.82) is 0 Å². The summed E-state index contributed by atoms with van der Waals surface area (Å²) in [6.07, 6.45) is 0. The topological polar surface area (TPSA) is 98.6 Å². The molecular weight excluding hydrogens is 446 g/mol. The van der Waals surface area contributed by atoms with Gasteiger partial charge in [0.15, 0.2) is 0 Å². The molecule has 0 amide bonds. The molecule has 0 fully saturated rings. The minimum atomic E-state index is -1.16. The number of esters is 1. The van der Waals surface area contributed by atoms with E-state index in [1.807, 2.05) is 0 Å². The van der Waals surface area contributed by atoms with Crippen molar-refractivity contribution < 1.29 is 33.0 Å². The van der Waals surface area contributed by atoms with Crippen LogP contribution in [-0.4, -0.2) is 41.2 Å². The number of nitrogens with zero attached hydrogens (tertiary/aromatic N) is 2. The maximum Gasteiger partial charge on any atom is 0.338 e. The van der Waals surface area contributed by atoms with Gasteiger partial charge in [0.25, 0.3) is 0 Å². The molecule has 0 aliphatic carbocycles. The first kappa shape index (κ1) is 22.8. The van der Waals surface area contributed by atoms with Crippen molar-refractivity contribution in [1.82, 2.24) is 9.97 Å². The molecule has 0 atom stereocenters. The van der Waals surface area contributed by atoms with Crippen LogP contribution >= 0.6 is 11.6 Å². The van der Waals surface area contributed by atoms with E-state index in [4.69, 9.17) is 21.4 Å². The second kappa shape index (κ2) is 9.52. The fourth-order valence-electron chi connectivity index (χ4n) is 2.93. The molecule has 0 unspecified atom stereocenters. The number of carbonyl (C=O) groups excluding carboxylic acids is 1. The van der Waals surface area contributed by atoms with Crippen molar-refractivity contribution in [3.05, 3.63) is 76.4 Å². The van der Waals surface area contributed by atoms with Crippen molar-refractivity contribution in [2.75, 3.05) is 14.2 Å². The van der Waals surface area contributed by atoms with Gasteiger partial charge in [-0.2, -0.15) is 0 Å². The van der Waals surface area contributed by atoms with Gasteiger partial charge in [-0.15, -0.1) is 0 Å². The highest BCUT2D eigenvalue weighted by Crippen LogP contribution is 2.25. The Hall–Kier alpha value is -3.85. The highest BCUT2D eigenvalue weighted by molar-refractivity contribution is 6.30. The number of aromatic carboxylic acids is 1. The summed E-state index contributed by atoms with van der Waals surface area (Å²) in [5.74, 6) is -2.64. The number of hydrogen-bond donors (Lipinski definition) is 1. The number of carboxylic acid groups (broad SMARTS) is 1. The first-order chi connectivity index (χ1) is 15.3. The predicted octanol–water partition coefficient (Wildman–Crippen LogP) is 4.89. The van der Waals surface area contributed by atoms with Gasteiger partial charge in [-0.25, -0.2) is 28.3 Å². The molecule has 0 saturated carbocycles. The van der Waals surface area contributed by atoms with Crippen LogP contribution in [0.2, 0.25) is 5.15 Å². The summed E-state index contributed by atoms with van der Waals surface area (Å²) < 4.78 is 36.4. The lowest BCUT2D eigenvalue weighted by Gasteiger charge is -2.07. The standard InChI is InChI=1S/C12H10FNO3.C10H5ClFNO2/c1-16-10-6-8(12(15)17-2)7-4-3-5-9(13)11(7)14-10;11-8-4-6(10(14)15)5-2-1-3-7(12)9(5)13-8/h3-6H,1-2H3;1-4H,(H,14,15). The van der Waals surface area contributed by atoms with Crippen LogP contribution in [0.15, 0.2) is 48.5 Å². The van der Waals surface area contributed by atoms with Gasteiger partial charge in [0.1, 0.15) is 27.8 Å². The summed E-state index contributed by atoms with van der Waals surface area (Å²) in [5.41, 5.74) is 0.244. The molecule has 0 radical (unpaired) electrons. The van der Waals surface area contributed by atoms with Crippen LogP contribution in [-0.2, 0) is 4.74 Å². The van der Waals surface area contributed by atoms with Gasteiger partial charge in [-0.3, -0.25) is 0 Å². The van der Waals surface area contributed by atoms with Crippen molar-refractivity contribution >= 4 is 45.3 Å². The molecule has 1 N–H and O–H groups in total. The van der Waals surface area contributed by atoms with Gasteiger partial charge >= 0.3 is 11.9 Å². The van der Waals surface area contributed by atoms with Crippen LogP contribution < -0.4 is 4.74 Å². The Morgan fingerprint density at radius 2 is 1.47 bits per heavy atom. The minimum Gasteiger partial charge on any atom is -0.481 e. The van der Waals surface area contributed by atoms with E-state index in [2.05, 4.69) is 14.7 Å². The summed E-state index contributed by atoms with van der Waals surface area (Å²) in [5, 5.41) is 9.50. The number of carboxylic acids is 1. The Labute approximate surface area is 185 Å². The Morgan fingerprint density at radius 3 is 2.00 bits per heavy atom. The summed E-state index contributed by atoms with van der Waals surface area (Å²) in [6, 6.07) is 11.1. The molecule has 0 aliphatic heterocycles. The number of ether oxygens (including phenoxy) is 2. The SMILES string of the molecule is COC(=O)c1cc(OC)nc2c(F)cccc12.O=C(O)c1cc(Cl)nc2c(F)cccc12. The molecule has 4 aromatic rings. The molecule has 2 aromatic heterocycles. The number of fused-ring (bicyclic) bond motifs is 2. The largest absolute Gasteiger partial charge is 0.481 e. The molecular formula is C22H15ClF2N2O5. The number of pyridine rings is 2. The molecule has 0 saturated heterocycles. The van der Waals surface area contributed by atoms with Crippen molar-refractivity contribution in [3.8, 4) is 5.88 Å². The number of halogens is 3. The predicted molar refractivity (Wildman–Crippen MR) is 113 cm³/mol. The first-order valence-corrected chi connectivity index (χ1v) is 9.34. The van der Waals surface area contributed by atoms with Gasteiger partial charge < -0.3 is 14.6 Å². The average Bonchev–Trinajstić information content (AvgIpc) is 2.78. The Bertz CT molecular complexity index is 1350. The Balaban J connectivity index is 0.000000182. The van der Waals surface area contributed by atoms with E-state index < -0.39 is 23.6 Å². The smallest absolute Gasteiger partial charge is 0.338 e. The van der Waals surface area contributed by atoms with E-state index in [1.54, 1.807) is 6.07 Å². The third-order valence-electron chi connectivity index (χ3n) is 4.37. The second-order valence-corrected chi connectivity index (χ2v) is 6.66. The van der Waals surface area contributed by atoms with Gasteiger partial charge in [0.2, 0.25) is 5.88 Å². The number of methoxy groups -OCH3 is 2. The molecule has 0 aliphatic rings. The van der Waals surface area contributed by atoms with Crippen LogP contribution in [0.25, 0.3) is 21.8 Å². The number of rotatable bonds is 3. The third kappa shape index (κ3) is 4.57. The molecule has 7 nitrogen and oxygen atoms in total. The van der Waals surface area contributed by atoms with E-state index in [0.717, 1.165) is 0 Å². The zero-order valence-corrected chi connectivity index (χ0v) is 17.5. The number of para-hydroxylation sites is 2. The number of benzene rings is 2. The van der Waals surface area contributed by atoms with E-state index >= 15 is 0 Å². The maximum absolute atomic E-state index is 13.6. The molecule has 10 heteroatoms. The van der Waals surface area contributed by atoms with Crippen LogP contribution in [0.4, 0.5) is 8.78 Å². The molecule has 2 heterocycles. The normalized spacial score (nSPS) is 10.4. The summed E-state index contributed by atoms with van der Waals surface area (Å²) in [6.45, 7) is 0. The quantitative estimate of drug-likeness (QED) is 0.343. The lowest BCUT2D eigenvalue weighted by molar-refractivity contribution is 0.0601. The van der Waals surface area contributed by atoms with Crippen molar-refractivity contribution in [2.45, 2.75) is 0 Å². The van der Waals surface area contributed by atoms with Crippen LogP contribution in [0.3, 0.4) is 0 Å². The molecule has 2 aromatic carbocycles. The van der Waals surface area contributed by atoms with E-state index in [-0.39, 0.29) is 38.6 Å². The lowest BCUT2D eigenvalue weighted by atomic mass is 10.1. The second-order valence-electron chi connectivity index (χ2n) is 6.27. The van der Waals surface area contributed by atoms with E-state index in [9.17, 15) is 18.4 Å². The van der Waals surface area contributed by atoms with Gasteiger partial charge in [-0.05, 0) is 18.2 Å². The van der Waals surface area contributed by atoms with E-state index in [0.29, 0.717) is 5.39 Å². The lowest BCUT2D eigenvalue weighted by Crippen LogP contribution is -2.04. The molecule has 0 bridgehead atoms. The Kier molecular flexibility index (Phi) is 6.79. The third-order valence-corrected chi connectivity index (χ3v) is 4.56. The molecule has 0 spiro atoms. The molecule has 4 rings (SSSR count). The molecule has 32 heavy (non-hydrogen) atoms. The van der Waals surface area contributed by atoms with Crippen LogP contribution in [0.1, 0.15) is 20.7 Å². The average molecular weight is 461 g/mol. The van der Waals surface area contributed by atoms with Crippen molar-refractivity contribution in [3.63, 3.8) is 0 Å².